The maximum Gasteiger partial charge on any atom is 0.118 e. The summed E-state index contributed by atoms with van der Waals surface area (Å²) in [5, 5.41) is 0. The smallest absolute Gasteiger partial charge is 0.118 e. The van der Waals surface area contributed by atoms with Crippen LogP contribution in [0, 0.1) is 5.92 Å². The van der Waals surface area contributed by atoms with Crippen LogP contribution < -0.4 is 0 Å². The minimum Gasteiger partial charge on any atom is -0.382 e. The number of methoxy groups -OCH3 is 2. The molecule has 1 aliphatic heterocycles. The molecule has 1 aliphatic carbocycles. The van der Waals surface area contributed by atoms with Crippen LogP contribution in [-0.4, -0.2) is 38.6 Å². The van der Waals surface area contributed by atoms with Crippen LogP contribution in [0.5, 0.6) is 0 Å². The van der Waals surface area contributed by atoms with Gasteiger partial charge < -0.3 is 14.2 Å². The van der Waals surface area contributed by atoms with Crippen LogP contribution in [-0.2, 0) is 14.2 Å². The summed E-state index contributed by atoms with van der Waals surface area (Å²) in [5.74, 6) is 0.559. The molecule has 4 atom stereocenters. The summed E-state index contributed by atoms with van der Waals surface area (Å²) < 4.78 is 16.9. The van der Waals surface area contributed by atoms with Crippen molar-refractivity contribution in [2.45, 2.75) is 44.0 Å². The van der Waals surface area contributed by atoms with E-state index in [0.29, 0.717) is 18.6 Å². The second-order valence-corrected chi connectivity index (χ2v) is 4.53. The molecule has 2 fully saturated rings. The Hall–Kier alpha value is -0.120. The summed E-state index contributed by atoms with van der Waals surface area (Å²) in [6, 6.07) is 0. The first-order valence-electron chi connectivity index (χ1n) is 5.43. The Kier molecular flexibility index (Phi) is 2.82. The SMILES string of the molecule is COCC12CCCC(C(C)O1)C2OC. The van der Waals surface area contributed by atoms with Gasteiger partial charge in [0, 0.05) is 20.1 Å². The maximum atomic E-state index is 6.07. The fraction of sp³-hybridized carbons (Fsp3) is 1.00. The first-order valence-corrected chi connectivity index (χ1v) is 5.43. The van der Waals surface area contributed by atoms with Gasteiger partial charge in [-0.05, 0) is 26.2 Å². The molecule has 2 aliphatic rings. The van der Waals surface area contributed by atoms with Gasteiger partial charge in [0.05, 0.1) is 18.8 Å². The molecule has 0 amide bonds. The van der Waals surface area contributed by atoms with Gasteiger partial charge in [-0.1, -0.05) is 0 Å². The van der Waals surface area contributed by atoms with Crippen molar-refractivity contribution in [1.29, 1.82) is 0 Å². The van der Waals surface area contributed by atoms with E-state index in [1.165, 1.54) is 12.8 Å². The van der Waals surface area contributed by atoms with Crippen molar-refractivity contribution in [3.63, 3.8) is 0 Å². The van der Waals surface area contributed by atoms with Gasteiger partial charge in [0.1, 0.15) is 5.60 Å². The lowest BCUT2D eigenvalue weighted by atomic mass is 9.77. The van der Waals surface area contributed by atoms with Crippen molar-refractivity contribution in [3.05, 3.63) is 0 Å². The number of rotatable bonds is 3. The Bertz CT molecular complexity index is 203. The molecule has 0 aromatic carbocycles. The molecule has 0 aromatic heterocycles. The van der Waals surface area contributed by atoms with E-state index < -0.39 is 0 Å². The van der Waals surface area contributed by atoms with Crippen molar-refractivity contribution in [2.24, 2.45) is 5.92 Å². The van der Waals surface area contributed by atoms with E-state index in [4.69, 9.17) is 14.2 Å². The fourth-order valence-corrected chi connectivity index (χ4v) is 3.21. The summed E-state index contributed by atoms with van der Waals surface area (Å²) in [5.41, 5.74) is -0.161. The molecule has 0 radical (unpaired) electrons. The molecule has 3 nitrogen and oxygen atoms in total. The highest BCUT2D eigenvalue weighted by Crippen LogP contribution is 2.47. The van der Waals surface area contributed by atoms with E-state index in [0.717, 1.165) is 6.42 Å². The third kappa shape index (κ3) is 1.38. The average Bonchev–Trinajstić information content (AvgIpc) is 2.30. The molecule has 1 saturated heterocycles. The van der Waals surface area contributed by atoms with E-state index in [2.05, 4.69) is 6.92 Å². The number of hydrogen-bond acceptors (Lipinski definition) is 3. The van der Waals surface area contributed by atoms with Gasteiger partial charge in [-0.2, -0.15) is 0 Å². The highest BCUT2D eigenvalue weighted by atomic mass is 16.6. The first-order chi connectivity index (χ1) is 6.73. The fourth-order valence-electron chi connectivity index (χ4n) is 3.21. The molecule has 2 bridgehead atoms. The van der Waals surface area contributed by atoms with Crippen LogP contribution in [0.2, 0.25) is 0 Å². The molecule has 0 spiro atoms. The summed E-state index contributed by atoms with van der Waals surface area (Å²) in [6.07, 6.45) is 4.08. The molecule has 4 unspecified atom stereocenters. The van der Waals surface area contributed by atoms with Crippen molar-refractivity contribution in [2.75, 3.05) is 20.8 Å². The topological polar surface area (TPSA) is 27.7 Å². The minimum absolute atomic E-state index is 0.161. The van der Waals surface area contributed by atoms with Crippen LogP contribution >= 0.6 is 0 Å². The number of fused-ring (bicyclic) bond motifs is 2. The van der Waals surface area contributed by atoms with E-state index in [-0.39, 0.29) is 11.7 Å². The molecular formula is C11H20O3. The van der Waals surface area contributed by atoms with Crippen molar-refractivity contribution < 1.29 is 14.2 Å². The summed E-state index contributed by atoms with van der Waals surface area (Å²) in [4.78, 5) is 0. The van der Waals surface area contributed by atoms with Crippen LogP contribution in [0.3, 0.4) is 0 Å². The summed E-state index contributed by atoms with van der Waals surface area (Å²) in [7, 11) is 3.52. The molecule has 0 aromatic rings. The zero-order chi connectivity index (χ0) is 10.2. The van der Waals surface area contributed by atoms with Gasteiger partial charge in [-0.3, -0.25) is 0 Å². The maximum absolute atomic E-state index is 6.07. The second-order valence-electron chi connectivity index (χ2n) is 4.53. The quantitative estimate of drug-likeness (QED) is 0.692. The first kappa shape index (κ1) is 10.4. The predicted molar refractivity (Wildman–Crippen MR) is 53.3 cm³/mol. The lowest BCUT2D eigenvalue weighted by Crippen LogP contribution is -2.48. The van der Waals surface area contributed by atoms with Gasteiger partial charge in [0.2, 0.25) is 0 Å². The highest BCUT2D eigenvalue weighted by Gasteiger charge is 2.55. The number of ether oxygens (including phenoxy) is 3. The average molecular weight is 200 g/mol. The second kappa shape index (κ2) is 3.80. The van der Waals surface area contributed by atoms with Crippen molar-refractivity contribution in [3.8, 4) is 0 Å². The van der Waals surface area contributed by atoms with Gasteiger partial charge >= 0.3 is 0 Å². The Morgan fingerprint density at radius 3 is 2.86 bits per heavy atom. The Morgan fingerprint density at radius 2 is 2.21 bits per heavy atom. The van der Waals surface area contributed by atoms with E-state index in [1.807, 2.05) is 0 Å². The largest absolute Gasteiger partial charge is 0.382 e. The lowest BCUT2D eigenvalue weighted by Gasteiger charge is -2.37. The third-order valence-electron chi connectivity index (χ3n) is 3.71. The zero-order valence-electron chi connectivity index (χ0n) is 9.29. The Morgan fingerprint density at radius 1 is 1.43 bits per heavy atom. The summed E-state index contributed by atoms with van der Waals surface area (Å²) >= 11 is 0. The van der Waals surface area contributed by atoms with Gasteiger partial charge in [0.15, 0.2) is 0 Å². The van der Waals surface area contributed by atoms with E-state index >= 15 is 0 Å². The Labute approximate surface area is 85.7 Å². The molecule has 2 rings (SSSR count). The molecule has 1 heterocycles. The third-order valence-corrected chi connectivity index (χ3v) is 3.71. The molecule has 3 heteroatoms. The Balaban J connectivity index is 2.20. The van der Waals surface area contributed by atoms with Crippen molar-refractivity contribution in [1.82, 2.24) is 0 Å². The standard InChI is InChI=1S/C11H20O3/c1-8-9-5-4-6-11(14-8,7-12-2)10(9)13-3/h8-10H,4-7H2,1-3H3. The van der Waals surface area contributed by atoms with Gasteiger partial charge in [0.25, 0.3) is 0 Å². The molecular weight excluding hydrogens is 180 g/mol. The van der Waals surface area contributed by atoms with Gasteiger partial charge in [-0.15, -0.1) is 0 Å². The van der Waals surface area contributed by atoms with Crippen LogP contribution in [0.15, 0.2) is 0 Å². The minimum atomic E-state index is -0.161. The predicted octanol–water partition coefficient (Wildman–Crippen LogP) is 1.61. The lowest BCUT2D eigenvalue weighted by molar-refractivity contribution is -0.133. The van der Waals surface area contributed by atoms with E-state index in [1.54, 1.807) is 14.2 Å². The molecule has 82 valence electrons. The van der Waals surface area contributed by atoms with Crippen LogP contribution in [0.1, 0.15) is 26.2 Å². The zero-order valence-corrected chi connectivity index (χ0v) is 9.29. The highest BCUT2D eigenvalue weighted by molar-refractivity contribution is 5.04. The van der Waals surface area contributed by atoms with E-state index in [9.17, 15) is 0 Å². The molecule has 0 N–H and O–H groups in total. The van der Waals surface area contributed by atoms with Crippen molar-refractivity contribution >= 4 is 0 Å². The van der Waals surface area contributed by atoms with Crippen LogP contribution in [0.25, 0.3) is 0 Å². The van der Waals surface area contributed by atoms with Crippen LogP contribution in [0.4, 0.5) is 0 Å². The number of hydrogen-bond donors (Lipinski definition) is 0. The molecule has 1 saturated carbocycles. The molecule has 14 heavy (non-hydrogen) atoms. The normalized spacial score (nSPS) is 46.9. The monoisotopic (exact) mass is 200 g/mol. The summed E-state index contributed by atoms with van der Waals surface area (Å²) in [6.45, 7) is 2.81. The van der Waals surface area contributed by atoms with Gasteiger partial charge in [-0.25, -0.2) is 0 Å².